The van der Waals surface area contributed by atoms with E-state index in [2.05, 4.69) is 15.2 Å². The molecule has 0 radical (unpaired) electrons. The Morgan fingerprint density at radius 3 is 2.32 bits per heavy atom. The number of aromatic nitrogens is 6. The molecular formula is C23H21Cl2F3N6O3. The maximum absolute atomic E-state index is 13.1. The number of alkyl halides is 3. The summed E-state index contributed by atoms with van der Waals surface area (Å²) >= 11 is 12.2. The molecule has 2 unspecified atom stereocenters. The molecule has 2 atom stereocenters. The highest BCUT2D eigenvalue weighted by atomic mass is 35.5. The minimum Gasteiger partial charge on any atom is -0.385 e. The monoisotopic (exact) mass is 556 g/mol. The molecule has 2 N–H and O–H groups in total. The molecule has 37 heavy (non-hydrogen) atoms. The third-order valence-corrected chi connectivity index (χ3v) is 6.06. The molecule has 2 aromatic heterocycles. The van der Waals surface area contributed by atoms with Crippen LogP contribution in [-0.4, -0.2) is 51.6 Å². The van der Waals surface area contributed by atoms with Gasteiger partial charge in [0, 0.05) is 10.6 Å². The minimum absolute atomic E-state index is 0.0631. The van der Waals surface area contributed by atoms with Crippen LogP contribution in [0, 0.1) is 0 Å². The molecule has 0 fully saturated rings. The third-order valence-electron chi connectivity index (χ3n) is 5.49. The predicted molar refractivity (Wildman–Crippen MR) is 130 cm³/mol. The highest BCUT2D eigenvalue weighted by Crippen LogP contribution is 2.26. The Kier molecular flexibility index (Phi) is 7.74. The molecule has 4 aromatic rings. The Hall–Kier alpha value is -3.19. The van der Waals surface area contributed by atoms with Gasteiger partial charge in [-0.25, -0.2) is 19.1 Å². The molecule has 0 aliphatic heterocycles. The van der Waals surface area contributed by atoms with Crippen molar-refractivity contribution in [2.24, 2.45) is 0 Å². The molecule has 0 bridgehead atoms. The molecule has 196 valence electrons. The average molecular weight is 557 g/mol. The Balaban J connectivity index is 1.78. The summed E-state index contributed by atoms with van der Waals surface area (Å²) in [6, 6.07) is 12.7. The smallest absolute Gasteiger partial charge is 0.385 e. The zero-order chi connectivity index (χ0) is 26.9. The average Bonchev–Trinajstić information content (AvgIpc) is 3.40. The second kappa shape index (κ2) is 10.7. The molecule has 2 heterocycles. The van der Waals surface area contributed by atoms with Crippen molar-refractivity contribution < 1.29 is 23.4 Å². The fourth-order valence-electron chi connectivity index (χ4n) is 3.57. The van der Waals surface area contributed by atoms with Gasteiger partial charge in [-0.3, -0.25) is 4.57 Å². The summed E-state index contributed by atoms with van der Waals surface area (Å²) in [5.74, 6) is 0.126. The maximum Gasteiger partial charge on any atom is 0.416 e. The van der Waals surface area contributed by atoms with Gasteiger partial charge in [0.25, 0.3) is 0 Å². The van der Waals surface area contributed by atoms with Crippen molar-refractivity contribution >= 4 is 23.2 Å². The van der Waals surface area contributed by atoms with E-state index in [1.54, 1.807) is 31.2 Å². The van der Waals surface area contributed by atoms with Crippen LogP contribution in [-0.2, 0) is 13.1 Å². The van der Waals surface area contributed by atoms with Crippen molar-refractivity contribution in [3.8, 4) is 17.1 Å². The van der Waals surface area contributed by atoms with Gasteiger partial charge in [0.05, 0.1) is 17.3 Å². The van der Waals surface area contributed by atoms with Crippen LogP contribution in [0.2, 0.25) is 10.0 Å². The summed E-state index contributed by atoms with van der Waals surface area (Å²) in [4.78, 5) is 17.5. The van der Waals surface area contributed by atoms with Crippen molar-refractivity contribution in [1.29, 1.82) is 0 Å². The van der Waals surface area contributed by atoms with Crippen LogP contribution >= 0.6 is 23.2 Å². The second-order valence-corrected chi connectivity index (χ2v) is 8.96. The summed E-state index contributed by atoms with van der Waals surface area (Å²) < 4.78 is 42.2. The first-order chi connectivity index (χ1) is 17.5. The third kappa shape index (κ3) is 5.72. The molecule has 2 aromatic carbocycles. The van der Waals surface area contributed by atoms with Crippen LogP contribution in [0.15, 0.2) is 53.3 Å². The quantitative estimate of drug-likeness (QED) is 0.339. The summed E-state index contributed by atoms with van der Waals surface area (Å²) in [5.41, 5.74) is -0.162. The number of aliphatic hydroxyl groups excluding tert-OH is 2. The van der Waals surface area contributed by atoms with E-state index in [4.69, 9.17) is 23.2 Å². The zero-order valence-corrected chi connectivity index (χ0v) is 20.8. The van der Waals surface area contributed by atoms with Gasteiger partial charge >= 0.3 is 11.9 Å². The van der Waals surface area contributed by atoms with Gasteiger partial charge in [-0.15, -0.1) is 10.2 Å². The Bertz CT molecular complexity index is 1450. The van der Waals surface area contributed by atoms with Crippen LogP contribution in [0.3, 0.4) is 0 Å². The summed E-state index contributed by atoms with van der Waals surface area (Å²) in [5, 5.41) is 29.4. The molecular weight excluding hydrogens is 536 g/mol. The summed E-state index contributed by atoms with van der Waals surface area (Å²) in [6.45, 7) is 0.351. The van der Waals surface area contributed by atoms with E-state index in [1.807, 2.05) is 0 Å². The maximum atomic E-state index is 13.1. The van der Waals surface area contributed by atoms with Gasteiger partial charge in [0.15, 0.2) is 23.6 Å². The lowest BCUT2D eigenvalue weighted by Gasteiger charge is -2.15. The van der Waals surface area contributed by atoms with Gasteiger partial charge < -0.3 is 10.2 Å². The fourth-order valence-corrected chi connectivity index (χ4v) is 3.91. The summed E-state index contributed by atoms with van der Waals surface area (Å²) in [7, 11) is 0. The normalized spacial score (nSPS) is 13.6. The van der Waals surface area contributed by atoms with E-state index < -0.39 is 30.6 Å². The van der Waals surface area contributed by atoms with Crippen LogP contribution in [0.4, 0.5) is 13.2 Å². The molecule has 0 aliphatic carbocycles. The van der Waals surface area contributed by atoms with E-state index >= 15 is 0 Å². The van der Waals surface area contributed by atoms with E-state index in [1.165, 1.54) is 28.9 Å². The second-order valence-electron chi connectivity index (χ2n) is 8.11. The molecule has 0 saturated heterocycles. The first-order valence-electron chi connectivity index (χ1n) is 11.1. The molecule has 0 saturated carbocycles. The van der Waals surface area contributed by atoms with E-state index in [-0.39, 0.29) is 24.0 Å². The van der Waals surface area contributed by atoms with Crippen molar-refractivity contribution in [2.75, 3.05) is 0 Å². The first kappa shape index (κ1) is 26.9. The fraction of sp³-hybridized carbons (Fsp3) is 0.304. The van der Waals surface area contributed by atoms with Gasteiger partial charge in [-0.1, -0.05) is 42.3 Å². The number of para-hydroxylation sites is 1. The van der Waals surface area contributed by atoms with Gasteiger partial charge in [-0.05, 0) is 42.8 Å². The molecule has 0 spiro atoms. The van der Waals surface area contributed by atoms with Crippen molar-refractivity contribution in [2.45, 2.75) is 44.8 Å². The van der Waals surface area contributed by atoms with Gasteiger partial charge in [0.2, 0.25) is 0 Å². The highest BCUT2D eigenvalue weighted by Gasteiger charge is 2.39. The van der Waals surface area contributed by atoms with Gasteiger partial charge in [0.1, 0.15) is 12.6 Å². The van der Waals surface area contributed by atoms with Crippen LogP contribution in [0.5, 0.6) is 0 Å². The molecule has 14 heteroatoms. The zero-order valence-electron chi connectivity index (χ0n) is 19.3. The van der Waals surface area contributed by atoms with Gasteiger partial charge in [-0.2, -0.15) is 13.2 Å². The number of aliphatic hydroxyl groups is 2. The molecule has 4 rings (SSSR count). The standard InChI is InChI=1S/C23H21Cl2F3N6O3/c1-2-17(35)21-29-19(30-34(21)16-6-4-3-5-15(16)25)12-33-22(37)32(11-18(36)23(26,27)28)20(31-33)13-7-9-14(24)10-8-13/h3-10,17-18,35-36H,2,11-12H2,1H3. The SMILES string of the molecule is CCC(O)c1nc(Cn2nc(-c3ccc(Cl)cc3)n(CC(O)C(F)(F)F)c2=O)nn1-c1ccccc1Cl. The molecule has 9 nitrogen and oxygen atoms in total. The van der Waals surface area contributed by atoms with E-state index in [0.29, 0.717) is 27.7 Å². The number of nitrogens with zero attached hydrogens (tertiary/aromatic N) is 6. The highest BCUT2D eigenvalue weighted by molar-refractivity contribution is 6.32. The van der Waals surface area contributed by atoms with Crippen LogP contribution in [0.1, 0.15) is 31.1 Å². The van der Waals surface area contributed by atoms with E-state index in [9.17, 15) is 28.2 Å². The molecule has 0 amide bonds. The predicted octanol–water partition coefficient (Wildman–Crippen LogP) is 4.01. The lowest BCUT2D eigenvalue weighted by molar-refractivity contribution is -0.207. The Labute approximate surface area is 218 Å². The largest absolute Gasteiger partial charge is 0.416 e. The Morgan fingerprint density at radius 2 is 1.70 bits per heavy atom. The topological polar surface area (TPSA) is 111 Å². The number of halogens is 5. The lowest BCUT2D eigenvalue weighted by Crippen LogP contribution is -2.37. The van der Waals surface area contributed by atoms with Crippen molar-refractivity contribution in [3.05, 3.63) is 80.7 Å². The number of rotatable bonds is 8. The number of hydrogen-bond acceptors (Lipinski definition) is 6. The van der Waals surface area contributed by atoms with Crippen LogP contribution < -0.4 is 5.69 Å². The van der Waals surface area contributed by atoms with Crippen molar-refractivity contribution in [3.63, 3.8) is 0 Å². The number of hydrogen-bond donors (Lipinski definition) is 2. The van der Waals surface area contributed by atoms with E-state index in [0.717, 1.165) is 9.25 Å². The van der Waals surface area contributed by atoms with Crippen LogP contribution in [0.25, 0.3) is 17.1 Å². The Morgan fingerprint density at radius 1 is 1.03 bits per heavy atom. The summed E-state index contributed by atoms with van der Waals surface area (Å²) in [6.07, 6.45) is -8.43. The number of benzene rings is 2. The van der Waals surface area contributed by atoms with Crippen molar-refractivity contribution in [1.82, 2.24) is 29.1 Å². The lowest BCUT2D eigenvalue weighted by atomic mass is 10.2. The first-order valence-corrected chi connectivity index (χ1v) is 11.8. The molecule has 0 aliphatic rings. The minimum atomic E-state index is -4.95.